The molecule has 0 amide bonds. The molecule has 0 aromatic heterocycles. The van der Waals surface area contributed by atoms with Gasteiger partial charge in [-0.05, 0) is 23.8 Å². The van der Waals surface area contributed by atoms with Gasteiger partial charge in [-0.1, -0.05) is 44.7 Å². The predicted molar refractivity (Wildman–Crippen MR) is 61.1 cm³/mol. The van der Waals surface area contributed by atoms with Crippen LogP contribution in [0.2, 0.25) is 0 Å². The minimum absolute atomic E-state index is 0.477. The molecule has 0 N–H and O–H groups in total. The van der Waals surface area contributed by atoms with E-state index in [0.29, 0.717) is 16.9 Å². The molecule has 1 aliphatic rings. The van der Waals surface area contributed by atoms with Gasteiger partial charge in [0.15, 0.2) is 0 Å². The minimum atomic E-state index is 0.477. The summed E-state index contributed by atoms with van der Waals surface area (Å²) in [5, 5.41) is 0.477. The van der Waals surface area contributed by atoms with Gasteiger partial charge in [-0.2, -0.15) is 0 Å². The van der Waals surface area contributed by atoms with E-state index in [9.17, 15) is 0 Å². The third-order valence-electron chi connectivity index (χ3n) is 2.61. The van der Waals surface area contributed by atoms with Crippen molar-refractivity contribution in [3.63, 3.8) is 0 Å². The van der Waals surface area contributed by atoms with Crippen LogP contribution in [0.25, 0.3) is 0 Å². The van der Waals surface area contributed by atoms with E-state index in [-0.39, 0.29) is 0 Å². The second kappa shape index (κ2) is 4.70. The van der Waals surface area contributed by atoms with Crippen molar-refractivity contribution < 1.29 is 4.74 Å². The van der Waals surface area contributed by atoms with Crippen LogP contribution in [0, 0.1) is 11.8 Å². The second-order valence-corrected chi connectivity index (χ2v) is 4.34. The molecule has 0 spiro atoms. The van der Waals surface area contributed by atoms with Gasteiger partial charge in [0.1, 0.15) is 5.76 Å². The molecule has 0 fully saturated rings. The number of halogens is 1. The van der Waals surface area contributed by atoms with E-state index in [1.54, 1.807) is 0 Å². The minimum Gasteiger partial charge on any atom is -0.492 e. The van der Waals surface area contributed by atoms with Crippen molar-refractivity contribution in [3.8, 4) is 0 Å². The molecule has 1 atom stereocenters. The second-order valence-electron chi connectivity index (χ2n) is 3.88. The Morgan fingerprint density at radius 2 is 2.29 bits per heavy atom. The van der Waals surface area contributed by atoms with E-state index in [1.165, 1.54) is 0 Å². The van der Waals surface area contributed by atoms with E-state index in [4.69, 9.17) is 16.3 Å². The fourth-order valence-electron chi connectivity index (χ4n) is 1.87. The summed E-state index contributed by atoms with van der Waals surface area (Å²) < 4.78 is 5.50. The Labute approximate surface area is 91.1 Å². The molecule has 1 rings (SSSR count). The quantitative estimate of drug-likeness (QED) is 0.690. The van der Waals surface area contributed by atoms with Gasteiger partial charge in [-0.3, -0.25) is 0 Å². The molecule has 1 heterocycles. The van der Waals surface area contributed by atoms with Crippen LogP contribution in [0.4, 0.5) is 0 Å². The van der Waals surface area contributed by atoms with Crippen LogP contribution in [0.15, 0.2) is 35.6 Å². The Morgan fingerprint density at radius 1 is 1.64 bits per heavy atom. The summed E-state index contributed by atoms with van der Waals surface area (Å²) in [5.41, 5.74) is 1.10. The standard InChI is InChI=1S/C12H17ClO/c1-5-10-11(8(2)3)6-7-14-12(10)9(4)13/h5,8,11H,1,4,6-7H2,2-3H3. The van der Waals surface area contributed by atoms with Gasteiger partial charge in [0.25, 0.3) is 0 Å². The zero-order valence-corrected chi connectivity index (χ0v) is 9.60. The third-order valence-corrected chi connectivity index (χ3v) is 2.78. The lowest BCUT2D eigenvalue weighted by atomic mass is 9.83. The molecule has 0 saturated heterocycles. The highest BCUT2D eigenvalue weighted by molar-refractivity contribution is 6.31. The van der Waals surface area contributed by atoms with E-state index in [2.05, 4.69) is 27.0 Å². The monoisotopic (exact) mass is 212 g/mol. The van der Waals surface area contributed by atoms with Crippen LogP contribution in [0.1, 0.15) is 20.3 Å². The van der Waals surface area contributed by atoms with Crippen molar-refractivity contribution >= 4 is 11.6 Å². The first-order valence-corrected chi connectivity index (χ1v) is 5.30. The van der Waals surface area contributed by atoms with Crippen LogP contribution in [-0.2, 0) is 4.74 Å². The zero-order chi connectivity index (χ0) is 10.7. The summed E-state index contributed by atoms with van der Waals surface area (Å²) in [4.78, 5) is 0. The van der Waals surface area contributed by atoms with Crippen molar-refractivity contribution in [1.29, 1.82) is 0 Å². The molecule has 78 valence electrons. The molecule has 0 bridgehead atoms. The van der Waals surface area contributed by atoms with Gasteiger partial charge < -0.3 is 4.74 Å². The average Bonchev–Trinajstić information content (AvgIpc) is 2.16. The Morgan fingerprint density at radius 3 is 2.71 bits per heavy atom. The topological polar surface area (TPSA) is 9.23 Å². The van der Waals surface area contributed by atoms with Gasteiger partial charge in [-0.15, -0.1) is 0 Å². The molecular formula is C12H17ClO. The predicted octanol–water partition coefficient (Wildman–Crippen LogP) is 3.87. The van der Waals surface area contributed by atoms with Crippen LogP contribution in [0.3, 0.4) is 0 Å². The highest BCUT2D eigenvalue weighted by atomic mass is 35.5. The van der Waals surface area contributed by atoms with Crippen molar-refractivity contribution in [2.45, 2.75) is 20.3 Å². The number of ether oxygens (including phenoxy) is 1. The van der Waals surface area contributed by atoms with Crippen molar-refractivity contribution in [1.82, 2.24) is 0 Å². The maximum atomic E-state index is 5.87. The van der Waals surface area contributed by atoms with Crippen molar-refractivity contribution in [2.75, 3.05) is 6.61 Å². The highest BCUT2D eigenvalue weighted by Gasteiger charge is 2.25. The van der Waals surface area contributed by atoms with Crippen LogP contribution in [0.5, 0.6) is 0 Å². The van der Waals surface area contributed by atoms with E-state index >= 15 is 0 Å². The van der Waals surface area contributed by atoms with Crippen LogP contribution < -0.4 is 0 Å². The molecule has 0 aromatic rings. The summed E-state index contributed by atoms with van der Waals surface area (Å²) in [6.45, 7) is 12.6. The summed E-state index contributed by atoms with van der Waals surface area (Å²) in [6, 6.07) is 0. The molecule has 0 radical (unpaired) electrons. The molecule has 14 heavy (non-hydrogen) atoms. The Bertz CT molecular complexity index is 276. The summed E-state index contributed by atoms with van der Waals surface area (Å²) in [6.07, 6.45) is 2.87. The Hall–Kier alpha value is -0.690. The molecule has 0 aliphatic carbocycles. The molecule has 0 aromatic carbocycles. The Balaban J connectivity index is 3.06. The lowest BCUT2D eigenvalue weighted by molar-refractivity contribution is 0.163. The zero-order valence-electron chi connectivity index (χ0n) is 8.85. The maximum Gasteiger partial charge on any atom is 0.140 e. The number of rotatable bonds is 3. The summed E-state index contributed by atoms with van der Waals surface area (Å²) >= 11 is 5.87. The van der Waals surface area contributed by atoms with Gasteiger partial charge in [-0.25, -0.2) is 0 Å². The van der Waals surface area contributed by atoms with Crippen molar-refractivity contribution in [3.05, 3.63) is 35.6 Å². The van der Waals surface area contributed by atoms with Crippen LogP contribution in [-0.4, -0.2) is 6.61 Å². The molecule has 1 aliphatic heterocycles. The summed E-state index contributed by atoms with van der Waals surface area (Å²) in [7, 11) is 0. The van der Waals surface area contributed by atoms with E-state index in [0.717, 1.165) is 24.4 Å². The number of allylic oxidation sites excluding steroid dienone is 3. The van der Waals surface area contributed by atoms with E-state index < -0.39 is 0 Å². The van der Waals surface area contributed by atoms with Gasteiger partial charge in [0.05, 0.1) is 11.6 Å². The number of hydrogen-bond donors (Lipinski definition) is 0. The SMILES string of the molecule is C=CC1=C(C(=C)Cl)OCCC1C(C)C. The van der Waals surface area contributed by atoms with Crippen LogP contribution >= 0.6 is 11.6 Å². The first-order valence-electron chi connectivity index (χ1n) is 4.92. The normalized spacial score (nSPS) is 22.1. The average molecular weight is 213 g/mol. The first-order chi connectivity index (χ1) is 6.57. The Kier molecular flexibility index (Phi) is 3.82. The fourth-order valence-corrected chi connectivity index (χ4v) is 2.03. The smallest absolute Gasteiger partial charge is 0.140 e. The fraction of sp³-hybridized carbons (Fsp3) is 0.500. The molecule has 1 unspecified atom stereocenters. The highest BCUT2D eigenvalue weighted by Crippen LogP contribution is 2.35. The molecular weight excluding hydrogens is 196 g/mol. The lowest BCUT2D eigenvalue weighted by Gasteiger charge is -2.29. The lowest BCUT2D eigenvalue weighted by Crippen LogP contribution is -2.20. The van der Waals surface area contributed by atoms with E-state index in [1.807, 2.05) is 6.08 Å². The van der Waals surface area contributed by atoms with Gasteiger partial charge in [0.2, 0.25) is 0 Å². The molecule has 2 heteroatoms. The number of hydrogen-bond acceptors (Lipinski definition) is 1. The third kappa shape index (κ3) is 2.21. The molecule has 0 saturated carbocycles. The molecule has 1 nitrogen and oxygen atoms in total. The largest absolute Gasteiger partial charge is 0.492 e. The summed E-state index contributed by atoms with van der Waals surface area (Å²) in [5.74, 6) is 1.80. The van der Waals surface area contributed by atoms with Crippen molar-refractivity contribution in [2.24, 2.45) is 11.8 Å². The maximum absolute atomic E-state index is 5.87. The van der Waals surface area contributed by atoms with Gasteiger partial charge >= 0.3 is 0 Å². The van der Waals surface area contributed by atoms with Gasteiger partial charge in [0, 0.05) is 0 Å². The first kappa shape index (κ1) is 11.4.